The van der Waals surface area contributed by atoms with E-state index in [1.54, 1.807) is 0 Å². The molecule has 25 heavy (non-hydrogen) atoms. The van der Waals surface area contributed by atoms with Gasteiger partial charge < -0.3 is 15.6 Å². The Morgan fingerprint density at radius 1 is 1.20 bits per heavy atom. The highest BCUT2D eigenvalue weighted by Crippen LogP contribution is 2.17. The number of aromatic nitrogens is 1. The molecule has 2 amide bonds. The number of sulfone groups is 1. The second-order valence-corrected chi connectivity index (χ2v) is 8.53. The first-order valence-corrected chi connectivity index (χ1v) is 10.1. The molecule has 1 atom stereocenters. The van der Waals surface area contributed by atoms with Gasteiger partial charge in [0.1, 0.15) is 6.42 Å². The van der Waals surface area contributed by atoms with Crippen molar-refractivity contribution in [2.75, 3.05) is 18.1 Å². The Morgan fingerprint density at radius 2 is 2.00 bits per heavy atom. The summed E-state index contributed by atoms with van der Waals surface area (Å²) in [5.41, 5.74) is 2.16. The Labute approximate surface area is 146 Å². The summed E-state index contributed by atoms with van der Waals surface area (Å²) in [6, 6.07) is 7.55. The summed E-state index contributed by atoms with van der Waals surface area (Å²) >= 11 is 0. The number of H-pyrrole nitrogens is 1. The minimum absolute atomic E-state index is 0.0408. The lowest BCUT2D eigenvalue weighted by molar-refractivity contribution is -0.129. The number of benzene rings is 1. The molecule has 1 aromatic heterocycles. The SMILES string of the molecule is O=C(CC(=O)NC1CCS(=O)(=O)C1)NCCc1c[nH]c2ccccc12. The van der Waals surface area contributed by atoms with Crippen LogP contribution in [0.3, 0.4) is 0 Å². The third-order valence-electron chi connectivity index (χ3n) is 4.31. The molecule has 1 saturated heterocycles. The van der Waals surface area contributed by atoms with E-state index < -0.39 is 15.7 Å². The summed E-state index contributed by atoms with van der Waals surface area (Å²) in [6.45, 7) is 0.436. The number of amides is 2. The van der Waals surface area contributed by atoms with Gasteiger partial charge in [0, 0.05) is 29.7 Å². The summed E-state index contributed by atoms with van der Waals surface area (Å²) in [5.74, 6) is -0.750. The number of hydrogen-bond donors (Lipinski definition) is 3. The highest BCUT2D eigenvalue weighted by Gasteiger charge is 2.29. The minimum atomic E-state index is -3.05. The Balaban J connectivity index is 1.41. The molecule has 1 unspecified atom stereocenters. The fourth-order valence-electron chi connectivity index (χ4n) is 3.07. The molecule has 0 spiro atoms. The monoisotopic (exact) mass is 363 g/mol. The predicted molar refractivity (Wildman–Crippen MR) is 94.8 cm³/mol. The summed E-state index contributed by atoms with van der Waals surface area (Å²) < 4.78 is 22.7. The normalized spacial score (nSPS) is 19.0. The van der Waals surface area contributed by atoms with Gasteiger partial charge in [-0.05, 0) is 24.5 Å². The molecular weight excluding hydrogens is 342 g/mol. The maximum atomic E-state index is 11.8. The number of nitrogens with one attached hydrogen (secondary N) is 3. The second kappa shape index (κ2) is 7.26. The Bertz CT molecular complexity index is 888. The Morgan fingerprint density at radius 3 is 2.76 bits per heavy atom. The quantitative estimate of drug-likeness (QED) is 0.650. The van der Waals surface area contributed by atoms with Crippen LogP contribution in [0.5, 0.6) is 0 Å². The van der Waals surface area contributed by atoms with Crippen LogP contribution < -0.4 is 10.6 Å². The number of carbonyl (C=O) groups is 2. The van der Waals surface area contributed by atoms with Crippen molar-refractivity contribution < 1.29 is 18.0 Å². The molecule has 1 fully saturated rings. The topological polar surface area (TPSA) is 108 Å². The molecule has 1 aliphatic rings. The molecule has 3 N–H and O–H groups in total. The van der Waals surface area contributed by atoms with Gasteiger partial charge in [0.15, 0.2) is 9.84 Å². The summed E-state index contributed by atoms with van der Waals surface area (Å²) in [4.78, 5) is 26.8. The lowest BCUT2D eigenvalue weighted by Gasteiger charge is -2.10. The van der Waals surface area contributed by atoms with Gasteiger partial charge in [-0.2, -0.15) is 0 Å². The van der Waals surface area contributed by atoms with Gasteiger partial charge in [-0.1, -0.05) is 18.2 Å². The van der Waals surface area contributed by atoms with E-state index in [4.69, 9.17) is 0 Å². The van der Waals surface area contributed by atoms with E-state index in [1.165, 1.54) is 0 Å². The van der Waals surface area contributed by atoms with Gasteiger partial charge in [0.2, 0.25) is 11.8 Å². The number of carbonyl (C=O) groups excluding carboxylic acids is 2. The number of hydrogen-bond acceptors (Lipinski definition) is 4. The van der Waals surface area contributed by atoms with Crippen LogP contribution in [0.15, 0.2) is 30.5 Å². The zero-order chi connectivity index (χ0) is 17.9. The molecule has 1 aliphatic heterocycles. The van der Waals surface area contributed by atoms with Crippen LogP contribution in [0.2, 0.25) is 0 Å². The molecule has 2 aromatic rings. The Kier molecular flexibility index (Phi) is 5.08. The molecule has 0 radical (unpaired) electrons. The zero-order valence-electron chi connectivity index (χ0n) is 13.7. The van der Waals surface area contributed by atoms with E-state index >= 15 is 0 Å². The third-order valence-corrected chi connectivity index (χ3v) is 6.08. The van der Waals surface area contributed by atoms with E-state index in [1.807, 2.05) is 30.5 Å². The van der Waals surface area contributed by atoms with Gasteiger partial charge in [-0.25, -0.2) is 8.42 Å². The maximum Gasteiger partial charge on any atom is 0.229 e. The van der Waals surface area contributed by atoms with Gasteiger partial charge >= 0.3 is 0 Å². The molecule has 1 aromatic carbocycles. The molecule has 3 rings (SSSR count). The molecule has 0 saturated carbocycles. The molecule has 134 valence electrons. The van der Waals surface area contributed by atoms with E-state index in [-0.39, 0.29) is 29.9 Å². The highest BCUT2D eigenvalue weighted by atomic mass is 32.2. The van der Waals surface area contributed by atoms with E-state index in [2.05, 4.69) is 15.6 Å². The standard InChI is InChI=1S/C17H21N3O4S/c21-16(9-17(22)20-13-6-8-25(23,24)11-13)18-7-5-12-10-19-15-4-2-1-3-14(12)15/h1-4,10,13,19H,5-9,11H2,(H,18,21)(H,20,22). The summed E-state index contributed by atoms with van der Waals surface area (Å²) in [7, 11) is -3.05. The van der Waals surface area contributed by atoms with Gasteiger partial charge in [-0.3, -0.25) is 9.59 Å². The molecule has 0 aliphatic carbocycles. The molecule has 7 nitrogen and oxygen atoms in total. The van der Waals surface area contributed by atoms with Crippen LogP contribution in [0, 0.1) is 0 Å². The third kappa shape index (κ3) is 4.60. The van der Waals surface area contributed by atoms with E-state index in [0.29, 0.717) is 19.4 Å². The predicted octanol–water partition coefficient (Wildman–Crippen LogP) is 0.520. The first kappa shape index (κ1) is 17.5. The van der Waals surface area contributed by atoms with Crippen molar-refractivity contribution in [2.24, 2.45) is 0 Å². The number of rotatable bonds is 6. The van der Waals surface area contributed by atoms with Crippen LogP contribution in [-0.2, 0) is 25.8 Å². The van der Waals surface area contributed by atoms with Crippen molar-refractivity contribution >= 4 is 32.6 Å². The minimum Gasteiger partial charge on any atom is -0.361 e. The van der Waals surface area contributed by atoms with Gasteiger partial charge in [0.05, 0.1) is 11.5 Å². The molecular formula is C17H21N3O4S. The second-order valence-electron chi connectivity index (χ2n) is 6.30. The number of para-hydroxylation sites is 1. The van der Waals surface area contributed by atoms with Crippen LogP contribution in [-0.4, -0.2) is 49.3 Å². The fourth-order valence-corrected chi connectivity index (χ4v) is 4.74. The average Bonchev–Trinajstić information content (AvgIpc) is 3.10. The van der Waals surface area contributed by atoms with Crippen LogP contribution in [0.1, 0.15) is 18.4 Å². The number of fused-ring (bicyclic) bond motifs is 1. The molecule has 0 bridgehead atoms. The van der Waals surface area contributed by atoms with Crippen LogP contribution in [0.4, 0.5) is 0 Å². The van der Waals surface area contributed by atoms with Crippen molar-refractivity contribution in [3.05, 3.63) is 36.0 Å². The fraction of sp³-hybridized carbons (Fsp3) is 0.412. The lowest BCUT2D eigenvalue weighted by Crippen LogP contribution is -2.39. The van der Waals surface area contributed by atoms with Crippen LogP contribution >= 0.6 is 0 Å². The maximum absolute atomic E-state index is 11.8. The van der Waals surface area contributed by atoms with E-state index in [9.17, 15) is 18.0 Å². The van der Waals surface area contributed by atoms with Crippen molar-refractivity contribution in [1.82, 2.24) is 15.6 Å². The zero-order valence-corrected chi connectivity index (χ0v) is 14.6. The first-order chi connectivity index (χ1) is 11.9. The van der Waals surface area contributed by atoms with Gasteiger partial charge in [0.25, 0.3) is 0 Å². The summed E-state index contributed by atoms with van der Waals surface area (Å²) in [6.07, 6.45) is 2.71. The average molecular weight is 363 g/mol. The largest absolute Gasteiger partial charge is 0.361 e. The van der Waals surface area contributed by atoms with Crippen molar-refractivity contribution in [3.63, 3.8) is 0 Å². The number of aromatic amines is 1. The molecule has 2 heterocycles. The van der Waals surface area contributed by atoms with Crippen LogP contribution in [0.25, 0.3) is 10.9 Å². The van der Waals surface area contributed by atoms with Crippen molar-refractivity contribution in [3.8, 4) is 0 Å². The summed E-state index contributed by atoms with van der Waals surface area (Å²) in [5, 5.41) is 6.46. The smallest absolute Gasteiger partial charge is 0.229 e. The molecule has 8 heteroatoms. The van der Waals surface area contributed by atoms with Crippen molar-refractivity contribution in [2.45, 2.75) is 25.3 Å². The first-order valence-electron chi connectivity index (χ1n) is 8.24. The Hall–Kier alpha value is -2.35. The lowest BCUT2D eigenvalue weighted by atomic mass is 10.1. The van der Waals surface area contributed by atoms with Gasteiger partial charge in [-0.15, -0.1) is 0 Å². The van der Waals surface area contributed by atoms with E-state index in [0.717, 1.165) is 16.5 Å². The van der Waals surface area contributed by atoms with Crippen molar-refractivity contribution in [1.29, 1.82) is 0 Å². The highest BCUT2D eigenvalue weighted by molar-refractivity contribution is 7.91.